The van der Waals surface area contributed by atoms with Crippen LogP contribution in [0.25, 0.3) is 0 Å². The second kappa shape index (κ2) is 11.2. The molecule has 1 unspecified atom stereocenters. The quantitative estimate of drug-likeness (QED) is 0.301. The first-order chi connectivity index (χ1) is 19.4. The van der Waals surface area contributed by atoms with Crippen LogP contribution in [-0.4, -0.2) is 83.0 Å². The molecule has 0 saturated carbocycles. The molecule has 1 fully saturated rings. The van der Waals surface area contributed by atoms with Crippen LogP contribution in [0.2, 0.25) is 0 Å². The lowest BCUT2D eigenvalue weighted by Crippen LogP contribution is -2.43. The summed E-state index contributed by atoms with van der Waals surface area (Å²) in [7, 11) is 3.18. The smallest absolute Gasteiger partial charge is 0.251 e. The van der Waals surface area contributed by atoms with Crippen molar-refractivity contribution < 1.29 is 14.4 Å². The summed E-state index contributed by atoms with van der Waals surface area (Å²) in [5.41, 5.74) is 3.87. The Morgan fingerprint density at radius 1 is 1.07 bits per heavy atom. The van der Waals surface area contributed by atoms with E-state index in [-0.39, 0.29) is 30.3 Å². The van der Waals surface area contributed by atoms with Gasteiger partial charge >= 0.3 is 0 Å². The summed E-state index contributed by atoms with van der Waals surface area (Å²) >= 11 is 0. The highest BCUT2D eigenvalue weighted by Crippen LogP contribution is 2.47. The van der Waals surface area contributed by atoms with Crippen LogP contribution >= 0.6 is 0 Å². The van der Waals surface area contributed by atoms with E-state index in [1.165, 1.54) is 0 Å². The molecular formula is C28H31N9O3. The molecule has 3 amide bonds. The van der Waals surface area contributed by atoms with Crippen molar-refractivity contribution >= 4 is 17.7 Å². The Labute approximate surface area is 231 Å². The molecule has 12 nitrogen and oxygen atoms in total. The molecule has 1 atom stereocenters. The second-order valence-corrected chi connectivity index (χ2v) is 10.0. The molecule has 4 N–H and O–H groups in total. The number of nitrogens with one attached hydrogen (secondary N) is 4. The van der Waals surface area contributed by atoms with E-state index in [9.17, 15) is 19.6 Å². The zero-order valence-corrected chi connectivity index (χ0v) is 22.5. The van der Waals surface area contributed by atoms with Crippen molar-refractivity contribution in [2.24, 2.45) is 0 Å². The van der Waals surface area contributed by atoms with E-state index in [0.717, 1.165) is 28.7 Å². The first-order valence-electron chi connectivity index (χ1n) is 13.3. The molecule has 0 radical (unpaired) electrons. The molecule has 5 rings (SSSR count). The van der Waals surface area contributed by atoms with Crippen LogP contribution < -0.4 is 16.0 Å². The number of H-pyrrole nitrogens is 1. The summed E-state index contributed by atoms with van der Waals surface area (Å²) in [6.45, 7) is 1.12. The molecule has 2 aromatic carbocycles. The van der Waals surface area contributed by atoms with E-state index in [2.05, 4.69) is 42.6 Å². The number of nitrogens with zero attached hydrogens (tertiary/aromatic N) is 5. The number of carbonyl (C=O) groups is 3. The fraction of sp³-hybridized carbons (Fsp3) is 0.393. The molecule has 12 heteroatoms. The minimum absolute atomic E-state index is 0.103. The number of fused-ring (bicyclic) bond motifs is 2. The van der Waals surface area contributed by atoms with Gasteiger partial charge < -0.3 is 20.9 Å². The molecule has 1 aliphatic carbocycles. The van der Waals surface area contributed by atoms with Crippen LogP contribution in [0.4, 0.5) is 0 Å². The van der Waals surface area contributed by atoms with Gasteiger partial charge in [0.1, 0.15) is 6.04 Å². The average molecular weight is 542 g/mol. The van der Waals surface area contributed by atoms with Gasteiger partial charge in [0.25, 0.3) is 11.8 Å². The molecule has 0 spiro atoms. The lowest BCUT2D eigenvalue weighted by molar-refractivity contribution is -0.130. The van der Waals surface area contributed by atoms with Crippen LogP contribution in [-0.2, 0) is 16.6 Å². The van der Waals surface area contributed by atoms with Crippen molar-refractivity contribution in [1.82, 2.24) is 41.5 Å². The summed E-state index contributed by atoms with van der Waals surface area (Å²) in [5.74, 6) is -0.0499. The number of amides is 3. The normalized spacial score (nSPS) is 16.9. The number of nitriles is 1. The number of aromatic amines is 1. The van der Waals surface area contributed by atoms with E-state index in [1.807, 2.05) is 24.3 Å². The Bertz CT molecular complexity index is 1410. The third-order valence-corrected chi connectivity index (χ3v) is 7.89. The fourth-order valence-electron chi connectivity index (χ4n) is 5.97. The average Bonchev–Trinajstić information content (AvgIpc) is 3.70. The zero-order valence-electron chi connectivity index (χ0n) is 22.5. The standard InChI is InChI=1S/C28H31N9O3/c1-30-25(39)17-5-7-22-19(12-17)14-20-13-18(26(40)31-2)6-8-23(20)28(22,27-33-35-36-34-27)9-10-32-16-24(38)37-11-3-4-21(37)15-29/h5-8,12-13,21,32H,3-4,9-11,14,16H2,1-2H3,(H,30,39)(H,31,40)(H,33,34,35,36). The lowest BCUT2D eigenvalue weighted by Gasteiger charge is -2.39. The van der Waals surface area contributed by atoms with Crippen molar-refractivity contribution in [3.63, 3.8) is 0 Å². The first kappa shape index (κ1) is 27.0. The van der Waals surface area contributed by atoms with E-state index in [0.29, 0.717) is 49.3 Å². The van der Waals surface area contributed by atoms with Gasteiger partial charge in [0.2, 0.25) is 5.91 Å². The predicted molar refractivity (Wildman–Crippen MR) is 144 cm³/mol. The third-order valence-electron chi connectivity index (χ3n) is 7.89. The van der Waals surface area contributed by atoms with Crippen molar-refractivity contribution in [3.05, 3.63) is 75.6 Å². The SMILES string of the molecule is CNC(=O)c1ccc2c(c1)Cc1cc(C(=O)NC)ccc1C2(CCNCC(=O)N1CCCC1C#N)c1nn[nH]n1. The van der Waals surface area contributed by atoms with Crippen LogP contribution in [0, 0.1) is 11.3 Å². The van der Waals surface area contributed by atoms with Gasteiger partial charge in [0.05, 0.1) is 18.0 Å². The van der Waals surface area contributed by atoms with Crippen molar-refractivity contribution in [1.29, 1.82) is 5.26 Å². The maximum absolute atomic E-state index is 12.8. The van der Waals surface area contributed by atoms with Gasteiger partial charge in [-0.15, -0.1) is 10.2 Å². The zero-order chi connectivity index (χ0) is 28.3. The molecule has 1 saturated heterocycles. The van der Waals surface area contributed by atoms with Gasteiger partial charge in [0.15, 0.2) is 5.82 Å². The highest BCUT2D eigenvalue weighted by atomic mass is 16.2. The Morgan fingerprint density at radius 3 is 2.27 bits per heavy atom. The molecule has 0 bridgehead atoms. The number of likely N-dealkylation sites (tertiary alicyclic amines) is 1. The van der Waals surface area contributed by atoms with Crippen molar-refractivity contribution in [2.75, 3.05) is 33.7 Å². The van der Waals surface area contributed by atoms with Gasteiger partial charge in [-0.1, -0.05) is 17.3 Å². The number of aromatic nitrogens is 4. The number of tetrazole rings is 1. The number of carbonyl (C=O) groups excluding carboxylic acids is 3. The molecule has 2 aliphatic rings. The Balaban J connectivity index is 1.53. The molecule has 3 aromatic rings. The lowest BCUT2D eigenvalue weighted by atomic mass is 9.63. The number of hydrogen-bond donors (Lipinski definition) is 4. The molecule has 206 valence electrons. The largest absolute Gasteiger partial charge is 0.355 e. The maximum Gasteiger partial charge on any atom is 0.251 e. The first-order valence-corrected chi connectivity index (χ1v) is 13.3. The van der Waals surface area contributed by atoms with Gasteiger partial charge in [-0.2, -0.15) is 10.5 Å². The minimum Gasteiger partial charge on any atom is -0.355 e. The second-order valence-electron chi connectivity index (χ2n) is 10.0. The van der Waals surface area contributed by atoms with Gasteiger partial charge in [-0.05, 0) is 78.7 Å². The summed E-state index contributed by atoms with van der Waals surface area (Å²) in [4.78, 5) is 39.4. The van der Waals surface area contributed by atoms with Crippen LogP contribution in [0.15, 0.2) is 36.4 Å². The number of hydrogen-bond acceptors (Lipinski definition) is 8. The predicted octanol–water partition coefficient (Wildman–Crippen LogP) is 0.652. The summed E-state index contributed by atoms with van der Waals surface area (Å²) < 4.78 is 0. The molecule has 2 heterocycles. The topological polar surface area (TPSA) is 169 Å². The summed E-state index contributed by atoms with van der Waals surface area (Å²) in [6.07, 6.45) is 2.51. The van der Waals surface area contributed by atoms with Crippen LogP contribution in [0.5, 0.6) is 0 Å². The Kier molecular flexibility index (Phi) is 7.57. The highest BCUT2D eigenvalue weighted by Gasteiger charge is 2.45. The third kappa shape index (κ3) is 4.69. The number of rotatable bonds is 8. The Hall–Kier alpha value is -4.63. The Morgan fingerprint density at radius 2 is 1.73 bits per heavy atom. The minimum atomic E-state index is -0.864. The molecule has 1 aliphatic heterocycles. The van der Waals surface area contributed by atoms with E-state index >= 15 is 0 Å². The maximum atomic E-state index is 12.8. The van der Waals surface area contributed by atoms with Gasteiger partial charge in [-0.3, -0.25) is 14.4 Å². The number of benzene rings is 2. The van der Waals surface area contributed by atoms with E-state index in [4.69, 9.17) is 0 Å². The van der Waals surface area contributed by atoms with Gasteiger partial charge in [0, 0.05) is 31.8 Å². The van der Waals surface area contributed by atoms with E-state index in [1.54, 1.807) is 31.1 Å². The van der Waals surface area contributed by atoms with Crippen LogP contribution in [0.1, 0.15) is 68.1 Å². The monoisotopic (exact) mass is 541 g/mol. The summed E-state index contributed by atoms with van der Waals surface area (Å²) in [6, 6.07) is 13.0. The molecule has 1 aromatic heterocycles. The van der Waals surface area contributed by atoms with E-state index < -0.39 is 5.41 Å². The molecule has 40 heavy (non-hydrogen) atoms. The highest BCUT2D eigenvalue weighted by molar-refractivity contribution is 5.95. The van der Waals surface area contributed by atoms with Crippen molar-refractivity contribution in [3.8, 4) is 6.07 Å². The molecular weight excluding hydrogens is 510 g/mol. The fourth-order valence-corrected chi connectivity index (χ4v) is 5.97. The van der Waals surface area contributed by atoms with Crippen molar-refractivity contribution in [2.45, 2.75) is 37.1 Å². The van der Waals surface area contributed by atoms with Crippen LogP contribution in [0.3, 0.4) is 0 Å². The summed E-state index contributed by atoms with van der Waals surface area (Å²) in [5, 5.41) is 33.2. The van der Waals surface area contributed by atoms with Gasteiger partial charge in [-0.25, -0.2) is 0 Å².